The molecule has 0 bridgehead atoms. The first-order valence-electron chi connectivity index (χ1n) is 6.09. The van der Waals surface area contributed by atoms with Gasteiger partial charge >= 0.3 is 0 Å². The molecule has 18 heavy (non-hydrogen) atoms. The standard InChI is InChI=1S/C13H21ClN2O2/c1-9(7-14)8-16-6-5-10(17)15-11(12(16)18)13(2,3)4/h7,11H,5-6,8H2,1-4H3,(H,15,17). The molecule has 0 aromatic heterocycles. The molecule has 0 aliphatic carbocycles. The number of nitrogens with one attached hydrogen (secondary N) is 1. The van der Waals surface area contributed by atoms with Crippen LogP contribution in [0, 0.1) is 5.41 Å². The Labute approximate surface area is 113 Å². The molecule has 1 rings (SSSR count). The van der Waals surface area contributed by atoms with Gasteiger partial charge in [0.1, 0.15) is 6.04 Å². The number of hydrogen-bond acceptors (Lipinski definition) is 2. The first kappa shape index (κ1) is 15.0. The maximum Gasteiger partial charge on any atom is 0.245 e. The van der Waals surface area contributed by atoms with Crippen molar-refractivity contribution < 1.29 is 9.59 Å². The van der Waals surface area contributed by atoms with E-state index in [0.717, 1.165) is 5.57 Å². The largest absolute Gasteiger partial charge is 0.344 e. The lowest BCUT2D eigenvalue weighted by Crippen LogP contribution is -2.52. The van der Waals surface area contributed by atoms with Crippen LogP contribution in [0.25, 0.3) is 0 Å². The van der Waals surface area contributed by atoms with Crippen LogP contribution >= 0.6 is 11.6 Å². The quantitative estimate of drug-likeness (QED) is 0.835. The van der Waals surface area contributed by atoms with Crippen molar-refractivity contribution in [3.05, 3.63) is 11.1 Å². The molecule has 0 aromatic carbocycles. The zero-order valence-corrected chi connectivity index (χ0v) is 12.2. The SMILES string of the molecule is CC(=CCl)CN1CCC(=O)NC(C(C)(C)C)C1=O. The Hall–Kier alpha value is -1.03. The summed E-state index contributed by atoms with van der Waals surface area (Å²) in [7, 11) is 0. The van der Waals surface area contributed by atoms with Crippen molar-refractivity contribution in [3.63, 3.8) is 0 Å². The van der Waals surface area contributed by atoms with E-state index in [1.165, 1.54) is 5.54 Å². The van der Waals surface area contributed by atoms with Gasteiger partial charge in [-0.15, -0.1) is 0 Å². The van der Waals surface area contributed by atoms with Gasteiger partial charge in [0, 0.05) is 25.0 Å². The molecule has 0 aromatic rings. The molecule has 4 nitrogen and oxygen atoms in total. The molecule has 1 N–H and O–H groups in total. The van der Waals surface area contributed by atoms with Crippen LogP contribution < -0.4 is 5.32 Å². The summed E-state index contributed by atoms with van der Waals surface area (Å²) in [6.45, 7) is 8.63. The fourth-order valence-electron chi connectivity index (χ4n) is 1.90. The number of hydrogen-bond donors (Lipinski definition) is 1. The number of amides is 2. The van der Waals surface area contributed by atoms with E-state index in [1.807, 2.05) is 27.7 Å². The molecule has 0 radical (unpaired) electrons. The summed E-state index contributed by atoms with van der Waals surface area (Å²) in [5.41, 5.74) is 2.08. The minimum absolute atomic E-state index is 0.0359. The Kier molecular flexibility index (Phi) is 4.79. The van der Waals surface area contributed by atoms with Gasteiger partial charge in [-0.2, -0.15) is 0 Å². The Bertz CT molecular complexity index is 372. The van der Waals surface area contributed by atoms with Crippen LogP contribution in [0.15, 0.2) is 11.1 Å². The Balaban J connectivity index is 2.93. The van der Waals surface area contributed by atoms with Gasteiger partial charge in [-0.1, -0.05) is 32.4 Å². The minimum atomic E-state index is -0.476. The fourth-order valence-corrected chi connectivity index (χ4v) is 1.97. The molecule has 2 amide bonds. The van der Waals surface area contributed by atoms with Gasteiger partial charge in [-0.25, -0.2) is 0 Å². The van der Waals surface area contributed by atoms with E-state index < -0.39 is 6.04 Å². The molecule has 1 aliphatic heterocycles. The van der Waals surface area contributed by atoms with E-state index in [2.05, 4.69) is 5.32 Å². The molecule has 1 atom stereocenters. The summed E-state index contributed by atoms with van der Waals surface area (Å²) >= 11 is 5.63. The summed E-state index contributed by atoms with van der Waals surface area (Å²) < 4.78 is 0. The highest BCUT2D eigenvalue weighted by Crippen LogP contribution is 2.23. The second-order valence-electron chi connectivity index (χ2n) is 5.83. The van der Waals surface area contributed by atoms with E-state index in [0.29, 0.717) is 19.5 Å². The van der Waals surface area contributed by atoms with Crippen LogP contribution in [0.5, 0.6) is 0 Å². The van der Waals surface area contributed by atoms with E-state index in [9.17, 15) is 9.59 Å². The molecule has 1 unspecified atom stereocenters. The zero-order chi connectivity index (χ0) is 13.9. The van der Waals surface area contributed by atoms with E-state index in [4.69, 9.17) is 11.6 Å². The number of halogens is 1. The molecular formula is C13H21ClN2O2. The maximum atomic E-state index is 12.4. The Morgan fingerprint density at radius 1 is 1.50 bits per heavy atom. The fraction of sp³-hybridized carbons (Fsp3) is 0.692. The molecule has 1 aliphatic rings. The zero-order valence-electron chi connectivity index (χ0n) is 11.4. The number of nitrogens with zero attached hydrogens (tertiary/aromatic N) is 1. The lowest BCUT2D eigenvalue weighted by molar-refractivity contribution is -0.136. The third-order valence-electron chi connectivity index (χ3n) is 2.97. The van der Waals surface area contributed by atoms with Gasteiger partial charge < -0.3 is 10.2 Å². The van der Waals surface area contributed by atoms with Crippen LogP contribution in [0.2, 0.25) is 0 Å². The number of carbonyl (C=O) groups is 2. The summed E-state index contributed by atoms with van der Waals surface area (Å²) in [5, 5.41) is 2.81. The van der Waals surface area contributed by atoms with Crippen molar-refractivity contribution in [2.45, 2.75) is 40.2 Å². The van der Waals surface area contributed by atoms with E-state index in [1.54, 1.807) is 4.90 Å². The third kappa shape index (κ3) is 3.73. The van der Waals surface area contributed by atoms with Crippen LogP contribution in [0.3, 0.4) is 0 Å². The lowest BCUT2D eigenvalue weighted by atomic mass is 9.86. The van der Waals surface area contributed by atoms with Gasteiger partial charge in [-0.3, -0.25) is 9.59 Å². The molecular weight excluding hydrogens is 252 g/mol. The molecule has 1 fully saturated rings. The topological polar surface area (TPSA) is 49.4 Å². The number of rotatable bonds is 2. The van der Waals surface area contributed by atoms with Crippen molar-refractivity contribution in [1.29, 1.82) is 0 Å². The maximum absolute atomic E-state index is 12.4. The summed E-state index contributed by atoms with van der Waals surface area (Å²) in [6.07, 6.45) is 0.341. The second-order valence-corrected chi connectivity index (χ2v) is 6.05. The second kappa shape index (κ2) is 5.74. The highest BCUT2D eigenvalue weighted by Gasteiger charge is 2.37. The molecule has 102 valence electrons. The number of carbonyl (C=O) groups excluding carboxylic acids is 2. The van der Waals surface area contributed by atoms with Gasteiger partial charge in [0.2, 0.25) is 11.8 Å². The molecule has 1 heterocycles. The van der Waals surface area contributed by atoms with Gasteiger partial charge in [0.05, 0.1) is 0 Å². The molecule has 0 spiro atoms. The van der Waals surface area contributed by atoms with Gasteiger partial charge in [0.15, 0.2) is 0 Å². The minimum Gasteiger partial charge on any atom is -0.344 e. The van der Waals surface area contributed by atoms with Crippen LogP contribution in [0.4, 0.5) is 0 Å². The molecule has 0 saturated carbocycles. The molecule has 1 saturated heterocycles. The van der Waals surface area contributed by atoms with Crippen LogP contribution in [-0.4, -0.2) is 35.8 Å². The van der Waals surface area contributed by atoms with E-state index >= 15 is 0 Å². The average Bonchev–Trinajstić information content (AvgIpc) is 2.41. The van der Waals surface area contributed by atoms with Crippen molar-refractivity contribution in [2.24, 2.45) is 5.41 Å². The van der Waals surface area contributed by atoms with Crippen LogP contribution in [-0.2, 0) is 9.59 Å². The van der Waals surface area contributed by atoms with Gasteiger partial charge in [0.25, 0.3) is 0 Å². The summed E-state index contributed by atoms with van der Waals surface area (Å²) in [5.74, 6) is -0.107. The van der Waals surface area contributed by atoms with Gasteiger partial charge in [-0.05, 0) is 17.9 Å². The predicted octanol–water partition coefficient (Wildman–Crippen LogP) is 1.89. The molecule has 5 heteroatoms. The van der Waals surface area contributed by atoms with Crippen LogP contribution in [0.1, 0.15) is 34.1 Å². The Morgan fingerprint density at radius 3 is 2.61 bits per heavy atom. The predicted molar refractivity (Wildman–Crippen MR) is 72.2 cm³/mol. The third-order valence-corrected chi connectivity index (χ3v) is 3.34. The normalized spacial score (nSPS) is 22.8. The highest BCUT2D eigenvalue weighted by molar-refractivity contribution is 6.25. The summed E-state index contributed by atoms with van der Waals surface area (Å²) in [4.78, 5) is 25.8. The highest BCUT2D eigenvalue weighted by atomic mass is 35.5. The first-order chi connectivity index (χ1) is 8.25. The van der Waals surface area contributed by atoms with Crippen molar-refractivity contribution >= 4 is 23.4 Å². The van der Waals surface area contributed by atoms with Crippen molar-refractivity contribution in [1.82, 2.24) is 10.2 Å². The monoisotopic (exact) mass is 272 g/mol. The summed E-state index contributed by atoms with van der Waals surface area (Å²) in [6, 6.07) is -0.476. The first-order valence-corrected chi connectivity index (χ1v) is 6.53. The van der Waals surface area contributed by atoms with E-state index in [-0.39, 0.29) is 17.2 Å². The average molecular weight is 273 g/mol. The van der Waals surface area contributed by atoms with Crippen molar-refractivity contribution in [3.8, 4) is 0 Å². The Morgan fingerprint density at radius 2 is 2.11 bits per heavy atom. The lowest BCUT2D eigenvalue weighted by Gasteiger charge is -2.32. The van der Waals surface area contributed by atoms with Crippen molar-refractivity contribution in [2.75, 3.05) is 13.1 Å². The smallest absolute Gasteiger partial charge is 0.245 e.